The van der Waals surface area contributed by atoms with Crippen LogP contribution < -0.4 is 5.32 Å². The lowest BCUT2D eigenvalue weighted by atomic mass is 10.2. The van der Waals surface area contributed by atoms with Gasteiger partial charge in [0.25, 0.3) is 5.91 Å². The monoisotopic (exact) mass is 377 g/mol. The van der Waals surface area contributed by atoms with Crippen LogP contribution in [0.15, 0.2) is 77.2 Å². The fourth-order valence-corrected chi connectivity index (χ4v) is 2.73. The minimum atomic E-state index is -0.840. The summed E-state index contributed by atoms with van der Waals surface area (Å²) in [4.78, 5) is 24.1. The van der Waals surface area contributed by atoms with Crippen molar-refractivity contribution in [3.8, 4) is 11.3 Å². The van der Waals surface area contributed by atoms with Crippen LogP contribution in [0.5, 0.6) is 0 Å². The summed E-state index contributed by atoms with van der Waals surface area (Å²) in [7, 11) is 0. The molecule has 0 fully saturated rings. The first-order chi connectivity index (χ1) is 13.6. The maximum Gasteiger partial charge on any atom is 0.307 e. The Kier molecular flexibility index (Phi) is 6.63. The van der Waals surface area contributed by atoms with E-state index in [1.807, 2.05) is 72.8 Å². The molecule has 1 aromatic heterocycles. The normalized spacial score (nSPS) is 11.6. The van der Waals surface area contributed by atoms with E-state index in [0.29, 0.717) is 18.7 Å². The Hall–Kier alpha value is -3.34. The van der Waals surface area contributed by atoms with Gasteiger partial charge in [0.1, 0.15) is 11.5 Å². The molecule has 0 aliphatic heterocycles. The van der Waals surface area contributed by atoms with E-state index in [1.165, 1.54) is 0 Å². The van der Waals surface area contributed by atoms with E-state index in [4.69, 9.17) is 9.15 Å². The van der Waals surface area contributed by atoms with Crippen molar-refractivity contribution in [3.05, 3.63) is 84.1 Å². The molecule has 1 unspecified atom stereocenters. The third kappa shape index (κ3) is 5.58. The molecule has 1 atom stereocenters. The number of carbonyl (C=O) groups is 2. The highest BCUT2D eigenvalue weighted by Gasteiger charge is 2.18. The molecule has 0 saturated heterocycles. The van der Waals surface area contributed by atoms with Crippen molar-refractivity contribution in [3.63, 3.8) is 0 Å². The summed E-state index contributed by atoms with van der Waals surface area (Å²) in [6.07, 6.45) is -0.269. The highest BCUT2D eigenvalue weighted by atomic mass is 16.5. The number of esters is 1. The molecular formula is C23H23NO4. The number of hydrogen-bond donors (Lipinski definition) is 1. The van der Waals surface area contributed by atoms with Crippen molar-refractivity contribution in [2.75, 3.05) is 0 Å². The zero-order chi connectivity index (χ0) is 19.8. The smallest absolute Gasteiger partial charge is 0.307 e. The summed E-state index contributed by atoms with van der Waals surface area (Å²) in [6, 6.07) is 23.1. The molecule has 5 heteroatoms. The van der Waals surface area contributed by atoms with Crippen LogP contribution in [0.25, 0.3) is 11.3 Å². The van der Waals surface area contributed by atoms with Crippen molar-refractivity contribution in [2.24, 2.45) is 0 Å². The number of hydrogen-bond acceptors (Lipinski definition) is 4. The van der Waals surface area contributed by atoms with Gasteiger partial charge in [0.05, 0.1) is 6.42 Å². The Labute approximate surface area is 164 Å². The van der Waals surface area contributed by atoms with Crippen LogP contribution >= 0.6 is 0 Å². The predicted molar refractivity (Wildman–Crippen MR) is 106 cm³/mol. The molecule has 0 spiro atoms. The number of aryl methyl sites for hydroxylation is 1. The molecule has 3 rings (SSSR count). The van der Waals surface area contributed by atoms with Gasteiger partial charge in [-0.05, 0) is 24.6 Å². The Bertz CT molecular complexity index is 903. The first-order valence-electron chi connectivity index (χ1n) is 9.27. The molecule has 2 aromatic carbocycles. The van der Waals surface area contributed by atoms with Gasteiger partial charge in [0.2, 0.25) is 0 Å². The van der Waals surface area contributed by atoms with Gasteiger partial charge >= 0.3 is 5.97 Å². The second kappa shape index (κ2) is 9.55. The van der Waals surface area contributed by atoms with Gasteiger partial charge in [-0.25, -0.2) is 0 Å². The zero-order valence-corrected chi connectivity index (χ0v) is 15.8. The highest BCUT2D eigenvalue weighted by molar-refractivity contribution is 5.83. The first-order valence-corrected chi connectivity index (χ1v) is 9.27. The van der Waals surface area contributed by atoms with Crippen molar-refractivity contribution in [1.82, 2.24) is 5.32 Å². The van der Waals surface area contributed by atoms with Gasteiger partial charge in [-0.3, -0.25) is 9.59 Å². The van der Waals surface area contributed by atoms with Crippen molar-refractivity contribution < 1.29 is 18.7 Å². The molecule has 0 saturated carbocycles. The largest absolute Gasteiger partial charge is 0.461 e. The molecule has 144 valence electrons. The van der Waals surface area contributed by atoms with Crippen molar-refractivity contribution >= 4 is 11.9 Å². The van der Waals surface area contributed by atoms with Gasteiger partial charge < -0.3 is 14.5 Å². The molecule has 3 aromatic rings. The molecule has 5 nitrogen and oxygen atoms in total. The van der Waals surface area contributed by atoms with Crippen molar-refractivity contribution in [1.29, 1.82) is 0 Å². The number of rotatable bonds is 8. The fourth-order valence-electron chi connectivity index (χ4n) is 2.73. The first kappa shape index (κ1) is 19.4. The number of furan rings is 1. The molecule has 0 bridgehead atoms. The van der Waals surface area contributed by atoms with E-state index in [2.05, 4.69) is 5.32 Å². The lowest BCUT2D eigenvalue weighted by Crippen LogP contribution is -2.35. The molecule has 28 heavy (non-hydrogen) atoms. The standard InChI is InChI=1S/C23H23NO4/c1-17(23(26)24-16-18-8-4-2-5-9-18)27-22(25)15-13-20-12-14-21(28-20)19-10-6-3-7-11-19/h2-12,14,17H,13,15-16H2,1H3,(H,24,26). The van der Waals surface area contributed by atoms with Gasteiger partial charge in [-0.1, -0.05) is 60.7 Å². The Balaban J connectivity index is 1.42. The number of benzene rings is 2. The lowest BCUT2D eigenvalue weighted by molar-refractivity contribution is -0.154. The van der Waals surface area contributed by atoms with E-state index in [0.717, 1.165) is 16.9 Å². The van der Waals surface area contributed by atoms with Crippen LogP contribution in [-0.2, 0) is 27.3 Å². The van der Waals surface area contributed by atoms with Crippen LogP contribution in [0.3, 0.4) is 0 Å². The zero-order valence-electron chi connectivity index (χ0n) is 15.8. The number of nitrogens with one attached hydrogen (secondary N) is 1. The average Bonchev–Trinajstić information content (AvgIpc) is 3.21. The minimum Gasteiger partial charge on any atom is -0.461 e. The molecule has 0 radical (unpaired) electrons. The summed E-state index contributed by atoms with van der Waals surface area (Å²) >= 11 is 0. The maximum atomic E-state index is 12.1. The number of carbonyl (C=O) groups excluding carboxylic acids is 2. The van der Waals surface area contributed by atoms with E-state index in [1.54, 1.807) is 6.92 Å². The molecular weight excluding hydrogens is 354 g/mol. The second-order valence-corrected chi connectivity index (χ2v) is 6.47. The third-order valence-corrected chi connectivity index (χ3v) is 4.28. The summed E-state index contributed by atoms with van der Waals surface area (Å²) in [6.45, 7) is 1.97. The highest BCUT2D eigenvalue weighted by Crippen LogP contribution is 2.22. The van der Waals surface area contributed by atoms with Crippen LogP contribution in [0, 0.1) is 0 Å². The van der Waals surface area contributed by atoms with Gasteiger partial charge in [0.15, 0.2) is 6.10 Å². The summed E-state index contributed by atoms with van der Waals surface area (Å²) < 4.78 is 11.0. The fraction of sp³-hybridized carbons (Fsp3) is 0.217. The minimum absolute atomic E-state index is 0.151. The lowest BCUT2D eigenvalue weighted by Gasteiger charge is -2.13. The van der Waals surface area contributed by atoms with Crippen LogP contribution in [0.1, 0.15) is 24.7 Å². The van der Waals surface area contributed by atoms with E-state index in [-0.39, 0.29) is 12.3 Å². The van der Waals surface area contributed by atoms with Crippen LogP contribution in [-0.4, -0.2) is 18.0 Å². The Morgan fingerprint density at radius 3 is 2.36 bits per heavy atom. The second-order valence-electron chi connectivity index (χ2n) is 6.47. The van der Waals surface area contributed by atoms with Crippen LogP contribution in [0.2, 0.25) is 0 Å². The summed E-state index contributed by atoms with van der Waals surface area (Å²) in [5, 5.41) is 2.76. The van der Waals surface area contributed by atoms with Crippen LogP contribution in [0.4, 0.5) is 0 Å². The van der Waals surface area contributed by atoms with E-state index >= 15 is 0 Å². The quantitative estimate of drug-likeness (QED) is 0.600. The van der Waals surface area contributed by atoms with Gasteiger partial charge in [-0.15, -0.1) is 0 Å². The van der Waals surface area contributed by atoms with E-state index < -0.39 is 12.1 Å². The number of amides is 1. The third-order valence-electron chi connectivity index (χ3n) is 4.28. The van der Waals surface area contributed by atoms with Crippen molar-refractivity contribution in [2.45, 2.75) is 32.4 Å². The Morgan fingerprint density at radius 1 is 0.964 bits per heavy atom. The summed E-state index contributed by atoms with van der Waals surface area (Å²) in [5.41, 5.74) is 1.97. The molecule has 1 N–H and O–H groups in total. The SMILES string of the molecule is CC(OC(=O)CCc1ccc(-c2ccccc2)o1)C(=O)NCc1ccccc1. The molecule has 0 aliphatic carbocycles. The molecule has 1 heterocycles. The molecule has 1 amide bonds. The summed E-state index contributed by atoms with van der Waals surface area (Å²) in [5.74, 6) is 0.719. The number of ether oxygens (including phenoxy) is 1. The van der Waals surface area contributed by atoms with Gasteiger partial charge in [-0.2, -0.15) is 0 Å². The maximum absolute atomic E-state index is 12.1. The van der Waals surface area contributed by atoms with E-state index in [9.17, 15) is 9.59 Å². The Morgan fingerprint density at radius 2 is 1.64 bits per heavy atom. The average molecular weight is 377 g/mol. The molecule has 0 aliphatic rings. The van der Waals surface area contributed by atoms with Gasteiger partial charge in [0, 0.05) is 18.5 Å². The topological polar surface area (TPSA) is 68.5 Å². The predicted octanol–water partition coefficient (Wildman–Crippen LogP) is 4.13.